The van der Waals surface area contributed by atoms with Crippen molar-refractivity contribution in [3.8, 4) is 0 Å². The van der Waals surface area contributed by atoms with E-state index in [9.17, 15) is 4.79 Å². The van der Waals surface area contributed by atoms with Crippen LogP contribution in [0.5, 0.6) is 0 Å². The summed E-state index contributed by atoms with van der Waals surface area (Å²) in [4.78, 5) is 15.8. The standard InChI is InChI=1S/C15H30N4O3/c1-15(2,3)19-13(20)10-18-14(16-4)17-7-5-8-22-12-6-9-21-11-12/h12H,5-11H2,1-4H3,(H,19,20)(H2,16,17,18). The maximum atomic E-state index is 11.7. The molecule has 7 heteroatoms. The van der Waals surface area contributed by atoms with Gasteiger partial charge in [0, 0.05) is 32.3 Å². The average Bonchev–Trinajstić information content (AvgIpc) is 2.93. The topological polar surface area (TPSA) is 84.0 Å². The molecule has 1 aliphatic heterocycles. The minimum absolute atomic E-state index is 0.0555. The number of amides is 1. The van der Waals surface area contributed by atoms with Crippen molar-refractivity contribution in [3.05, 3.63) is 0 Å². The van der Waals surface area contributed by atoms with Crippen LogP contribution in [0, 0.1) is 0 Å². The first-order valence-corrected chi connectivity index (χ1v) is 7.85. The molecule has 1 saturated heterocycles. The molecule has 0 bridgehead atoms. The average molecular weight is 314 g/mol. The van der Waals surface area contributed by atoms with E-state index in [0.29, 0.717) is 19.2 Å². The summed E-state index contributed by atoms with van der Waals surface area (Å²) in [5, 5.41) is 9.04. The van der Waals surface area contributed by atoms with Gasteiger partial charge in [-0.15, -0.1) is 0 Å². The number of carbonyl (C=O) groups is 1. The minimum atomic E-state index is -0.225. The Balaban J connectivity index is 2.08. The monoisotopic (exact) mass is 314 g/mol. The summed E-state index contributed by atoms with van der Waals surface area (Å²) in [6.07, 6.45) is 2.11. The highest BCUT2D eigenvalue weighted by Gasteiger charge is 2.15. The molecule has 1 aliphatic rings. The van der Waals surface area contributed by atoms with E-state index in [1.807, 2.05) is 20.8 Å². The van der Waals surface area contributed by atoms with E-state index in [1.165, 1.54) is 0 Å². The number of hydrogen-bond acceptors (Lipinski definition) is 4. The van der Waals surface area contributed by atoms with Crippen molar-refractivity contribution in [2.24, 2.45) is 4.99 Å². The Morgan fingerprint density at radius 2 is 2.14 bits per heavy atom. The zero-order valence-corrected chi connectivity index (χ0v) is 14.2. The molecule has 22 heavy (non-hydrogen) atoms. The normalized spacial score (nSPS) is 19.1. The molecule has 7 nitrogen and oxygen atoms in total. The van der Waals surface area contributed by atoms with E-state index in [2.05, 4.69) is 20.9 Å². The molecule has 0 aromatic carbocycles. The van der Waals surface area contributed by atoms with Gasteiger partial charge in [-0.3, -0.25) is 9.79 Å². The zero-order chi connectivity index (χ0) is 16.4. The molecule has 1 fully saturated rings. The molecule has 0 spiro atoms. The van der Waals surface area contributed by atoms with Gasteiger partial charge < -0.3 is 25.4 Å². The van der Waals surface area contributed by atoms with Gasteiger partial charge in [0.05, 0.1) is 19.3 Å². The van der Waals surface area contributed by atoms with Crippen LogP contribution in [0.4, 0.5) is 0 Å². The first kappa shape index (κ1) is 18.7. The summed E-state index contributed by atoms with van der Waals surface area (Å²) in [5.74, 6) is 0.563. The summed E-state index contributed by atoms with van der Waals surface area (Å²) in [7, 11) is 1.68. The number of guanidine groups is 1. The van der Waals surface area contributed by atoms with E-state index in [0.717, 1.165) is 26.0 Å². The fraction of sp³-hybridized carbons (Fsp3) is 0.867. The Labute approximate surface area is 133 Å². The second kappa shape index (κ2) is 9.63. The van der Waals surface area contributed by atoms with Crippen LogP contribution in [0.2, 0.25) is 0 Å². The number of nitrogens with zero attached hydrogens (tertiary/aromatic N) is 1. The molecule has 1 atom stereocenters. The van der Waals surface area contributed by atoms with Crippen LogP contribution >= 0.6 is 0 Å². The predicted molar refractivity (Wildman–Crippen MR) is 87.1 cm³/mol. The molecule has 3 N–H and O–H groups in total. The number of nitrogens with one attached hydrogen (secondary N) is 3. The van der Waals surface area contributed by atoms with E-state index in [4.69, 9.17) is 9.47 Å². The second-order valence-corrected chi connectivity index (χ2v) is 6.36. The largest absolute Gasteiger partial charge is 0.379 e. The molecule has 0 radical (unpaired) electrons. The van der Waals surface area contributed by atoms with Crippen LogP contribution in [-0.2, 0) is 14.3 Å². The van der Waals surface area contributed by atoms with E-state index in [1.54, 1.807) is 7.05 Å². The molecule has 0 aromatic rings. The summed E-state index contributed by atoms with van der Waals surface area (Å²) in [5.41, 5.74) is -0.225. The van der Waals surface area contributed by atoms with Crippen LogP contribution in [0.25, 0.3) is 0 Å². The smallest absolute Gasteiger partial charge is 0.239 e. The highest BCUT2D eigenvalue weighted by atomic mass is 16.5. The van der Waals surface area contributed by atoms with Crippen LogP contribution < -0.4 is 16.0 Å². The number of rotatable bonds is 7. The van der Waals surface area contributed by atoms with Gasteiger partial charge in [0.2, 0.25) is 5.91 Å². The lowest BCUT2D eigenvalue weighted by Crippen LogP contribution is -2.48. The van der Waals surface area contributed by atoms with E-state index in [-0.39, 0.29) is 24.1 Å². The maximum Gasteiger partial charge on any atom is 0.239 e. The van der Waals surface area contributed by atoms with Crippen molar-refractivity contribution in [2.45, 2.75) is 45.3 Å². The highest BCUT2D eigenvalue weighted by molar-refractivity contribution is 5.86. The highest BCUT2D eigenvalue weighted by Crippen LogP contribution is 2.07. The lowest BCUT2D eigenvalue weighted by Gasteiger charge is -2.21. The van der Waals surface area contributed by atoms with Crippen LogP contribution in [-0.4, -0.2) is 63.5 Å². The third kappa shape index (κ3) is 8.84. The van der Waals surface area contributed by atoms with Crippen molar-refractivity contribution in [1.82, 2.24) is 16.0 Å². The van der Waals surface area contributed by atoms with Crippen molar-refractivity contribution < 1.29 is 14.3 Å². The molecule has 1 amide bonds. The molecule has 1 heterocycles. The molecule has 0 aromatic heterocycles. The molecule has 0 aliphatic carbocycles. The Kier molecular flexibility index (Phi) is 8.19. The summed E-state index contributed by atoms with van der Waals surface area (Å²) in [6, 6.07) is 0. The summed E-state index contributed by atoms with van der Waals surface area (Å²) in [6.45, 7) is 9.01. The van der Waals surface area contributed by atoms with Crippen molar-refractivity contribution in [2.75, 3.05) is 40.0 Å². The van der Waals surface area contributed by atoms with Gasteiger partial charge >= 0.3 is 0 Å². The number of aliphatic imine (C=N–C) groups is 1. The Morgan fingerprint density at radius 1 is 1.36 bits per heavy atom. The van der Waals surface area contributed by atoms with E-state index < -0.39 is 0 Å². The molecular formula is C15H30N4O3. The van der Waals surface area contributed by atoms with Crippen molar-refractivity contribution in [3.63, 3.8) is 0 Å². The Bertz CT molecular complexity index is 360. The quantitative estimate of drug-likeness (QED) is 0.357. The summed E-state index contributed by atoms with van der Waals surface area (Å²) >= 11 is 0. The van der Waals surface area contributed by atoms with Crippen molar-refractivity contribution in [1.29, 1.82) is 0 Å². The third-order valence-electron chi connectivity index (χ3n) is 3.01. The lowest BCUT2D eigenvalue weighted by atomic mass is 10.1. The first-order chi connectivity index (χ1) is 10.4. The van der Waals surface area contributed by atoms with Crippen molar-refractivity contribution >= 4 is 11.9 Å². The lowest BCUT2D eigenvalue weighted by molar-refractivity contribution is -0.121. The molecule has 128 valence electrons. The van der Waals surface area contributed by atoms with Gasteiger partial charge in [0.25, 0.3) is 0 Å². The second-order valence-electron chi connectivity index (χ2n) is 6.36. The minimum Gasteiger partial charge on any atom is -0.379 e. The van der Waals surface area contributed by atoms with Gasteiger partial charge in [-0.25, -0.2) is 0 Å². The fourth-order valence-electron chi connectivity index (χ4n) is 2.02. The molecular weight excluding hydrogens is 284 g/mol. The molecule has 0 saturated carbocycles. The molecule has 1 rings (SSSR count). The van der Waals surface area contributed by atoms with E-state index >= 15 is 0 Å². The van der Waals surface area contributed by atoms with Gasteiger partial charge in [-0.05, 0) is 33.6 Å². The van der Waals surface area contributed by atoms with Gasteiger partial charge in [0.1, 0.15) is 0 Å². The maximum absolute atomic E-state index is 11.7. The van der Waals surface area contributed by atoms with Crippen LogP contribution in [0.15, 0.2) is 4.99 Å². The number of hydrogen-bond donors (Lipinski definition) is 3. The SMILES string of the molecule is CN=C(NCCCOC1CCOC1)NCC(=O)NC(C)(C)C. The van der Waals surface area contributed by atoms with Gasteiger partial charge in [-0.1, -0.05) is 0 Å². The fourth-order valence-corrected chi connectivity index (χ4v) is 2.02. The zero-order valence-electron chi connectivity index (χ0n) is 14.2. The number of ether oxygens (including phenoxy) is 2. The summed E-state index contributed by atoms with van der Waals surface area (Å²) < 4.78 is 10.9. The molecule has 1 unspecified atom stereocenters. The Morgan fingerprint density at radius 3 is 2.73 bits per heavy atom. The first-order valence-electron chi connectivity index (χ1n) is 7.85. The Hall–Kier alpha value is -1.34. The van der Waals surface area contributed by atoms with Gasteiger partial charge in [-0.2, -0.15) is 0 Å². The predicted octanol–water partition coefficient (Wildman–Crippen LogP) is 0.262. The van der Waals surface area contributed by atoms with Gasteiger partial charge in [0.15, 0.2) is 5.96 Å². The van der Waals surface area contributed by atoms with Crippen LogP contribution in [0.1, 0.15) is 33.6 Å². The number of carbonyl (C=O) groups excluding carboxylic acids is 1. The third-order valence-corrected chi connectivity index (χ3v) is 3.01. The van der Waals surface area contributed by atoms with Crippen LogP contribution in [0.3, 0.4) is 0 Å².